The van der Waals surface area contributed by atoms with Gasteiger partial charge in [-0.25, -0.2) is 4.39 Å². The standard InChI is InChI=1S/C15H12BrFN2/c16-13-7-11(5-6-14(13)17)18-8-10-9-19-15-4-2-1-3-12(10)15/h1-7,9,18-19H,8H2. The molecule has 0 radical (unpaired) electrons. The Kier molecular flexibility index (Phi) is 3.25. The minimum Gasteiger partial charge on any atom is -0.381 e. The maximum atomic E-state index is 13.1. The molecular weight excluding hydrogens is 307 g/mol. The van der Waals surface area contributed by atoms with Gasteiger partial charge in [-0.3, -0.25) is 0 Å². The number of aromatic amines is 1. The first-order valence-electron chi connectivity index (χ1n) is 5.98. The molecule has 0 aliphatic rings. The van der Waals surface area contributed by atoms with Gasteiger partial charge in [0, 0.05) is 29.3 Å². The number of benzene rings is 2. The van der Waals surface area contributed by atoms with Gasteiger partial charge in [0.2, 0.25) is 0 Å². The summed E-state index contributed by atoms with van der Waals surface area (Å²) in [6, 6.07) is 13.1. The highest BCUT2D eigenvalue weighted by Gasteiger charge is 2.04. The van der Waals surface area contributed by atoms with E-state index < -0.39 is 0 Å². The van der Waals surface area contributed by atoms with Gasteiger partial charge in [-0.1, -0.05) is 18.2 Å². The number of halogens is 2. The van der Waals surface area contributed by atoms with Crippen molar-refractivity contribution in [1.29, 1.82) is 0 Å². The summed E-state index contributed by atoms with van der Waals surface area (Å²) in [6.45, 7) is 0.697. The Labute approximate surface area is 118 Å². The van der Waals surface area contributed by atoms with E-state index >= 15 is 0 Å². The molecule has 0 amide bonds. The molecule has 1 aromatic heterocycles. The Balaban J connectivity index is 1.80. The first-order valence-corrected chi connectivity index (χ1v) is 6.77. The number of nitrogens with one attached hydrogen (secondary N) is 2. The van der Waals surface area contributed by atoms with Crippen LogP contribution in [0.4, 0.5) is 10.1 Å². The zero-order chi connectivity index (χ0) is 13.2. The first kappa shape index (κ1) is 12.2. The average Bonchev–Trinajstić information content (AvgIpc) is 2.83. The Hall–Kier alpha value is -1.81. The number of para-hydroxylation sites is 1. The fourth-order valence-corrected chi connectivity index (χ4v) is 2.46. The molecule has 4 heteroatoms. The van der Waals surface area contributed by atoms with Gasteiger partial charge < -0.3 is 10.3 Å². The lowest BCUT2D eigenvalue weighted by molar-refractivity contribution is 0.621. The molecule has 2 aromatic carbocycles. The Morgan fingerprint density at radius 3 is 2.84 bits per heavy atom. The molecule has 0 fully saturated rings. The molecule has 1 heterocycles. The lowest BCUT2D eigenvalue weighted by Gasteiger charge is -2.06. The topological polar surface area (TPSA) is 27.8 Å². The number of hydrogen-bond donors (Lipinski definition) is 2. The summed E-state index contributed by atoms with van der Waals surface area (Å²) in [5, 5.41) is 4.50. The average molecular weight is 319 g/mol. The van der Waals surface area contributed by atoms with Gasteiger partial charge in [0.05, 0.1) is 4.47 Å². The molecule has 0 bridgehead atoms. The summed E-state index contributed by atoms with van der Waals surface area (Å²) in [6.07, 6.45) is 2.00. The molecule has 96 valence electrons. The summed E-state index contributed by atoms with van der Waals surface area (Å²) >= 11 is 3.18. The summed E-state index contributed by atoms with van der Waals surface area (Å²) in [5.74, 6) is -0.252. The maximum absolute atomic E-state index is 13.1. The molecule has 0 saturated carbocycles. The van der Waals surface area contributed by atoms with E-state index in [-0.39, 0.29) is 5.82 Å². The van der Waals surface area contributed by atoms with Crippen LogP contribution in [0.5, 0.6) is 0 Å². The molecular formula is C15H12BrFN2. The van der Waals surface area contributed by atoms with Crippen molar-refractivity contribution >= 4 is 32.5 Å². The highest BCUT2D eigenvalue weighted by Crippen LogP contribution is 2.22. The van der Waals surface area contributed by atoms with Crippen LogP contribution < -0.4 is 5.32 Å². The van der Waals surface area contributed by atoms with E-state index in [0.717, 1.165) is 11.2 Å². The summed E-state index contributed by atoms with van der Waals surface area (Å²) < 4.78 is 13.6. The molecule has 0 saturated heterocycles. The number of hydrogen-bond acceptors (Lipinski definition) is 1. The van der Waals surface area contributed by atoms with E-state index in [0.29, 0.717) is 11.0 Å². The van der Waals surface area contributed by atoms with E-state index in [2.05, 4.69) is 32.3 Å². The molecule has 0 aliphatic heterocycles. The number of fused-ring (bicyclic) bond motifs is 1. The van der Waals surface area contributed by atoms with Gasteiger partial charge in [0.15, 0.2) is 0 Å². The van der Waals surface area contributed by atoms with E-state index in [4.69, 9.17) is 0 Å². The Morgan fingerprint density at radius 2 is 2.00 bits per heavy atom. The number of H-pyrrole nitrogens is 1. The number of rotatable bonds is 3. The van der Waals surface area contributed by atoms with Gasteiger partial charge in [0.1, 0.15) is 5.82 Å². The van der Waals surface area contributed by atoms with E-state index in [1.165, 1.54) is 17.0 Å². The first-order chi connectivity index (χ1) is 9.24. The fraction of sp³-hybridized carbons (Fsp3) is 0.0667. The molecule has 3 rings (SSSR count). The SMILES string of the molecule is Fc1ccc(NCc2c[nH]c3ccccc23)cc1Br. The minimum atomic E-state index is -0.252. The Bertz CT molecular complexity index is 721. The van der Waals surface area contributed by atoms with Crippen LogP contribution in [0, 0.1) is 5.82 Å². The zero-order valence-electron chi connectivity index (χ0n) is 10.1. The highest BCUT2D eigenvalue weighted by atomic mass is 79.9. The minimum absolute atomic E-state index is 0.252. The molecule has 19 heavy (non-hydrogen) atoms. The van der Waals surface area contributed by atoms with Crippen LogP contribution in [0.25, 0.3) is 10.9 Å². The van der Waals surface area contributed by atoms with Crippen molar-refractivity contribution in [3.8, 4) is 0 Å². The monoisotopic (exact) mass is 318 g/mol. The molecule has 0 atom stereocenters. The van der Waals surface area contributed by atoms with E-state index in [1.54, 1.807) is 12.1 Å². The van der Waals surface area contributed by atoms with Gasteiger partial charge in [0.25, 0.3) is 0 Å². The predicted molar refractivity (Wildman–Crippen MR) is 79.7 cm³/mol. The van der Waals surface area contributed by atoms with Crippen LogP contribution in [0.3, 0.4) is 0 Å². The van der Waals surface area contributed by atoms with Crippen molar-refractivity contribution in [1.82, 2.24) is 4.98 Å². The summed E-state index contributed by atoms with van der Waals surface area (Å²) in [5.41, 5.74) is 3.20. The van der Waals surface area contributed by atoms with Crippen molar-refractivity contribution in [3.05, 3.63) is 64.5 Å². The Morgan fingerprint density at radius 1 is 1.16 bits per heavy atom. The second-order valence-corrected chi connectivity index (χ2v) is 5.20. The van der Waals surface area contributed by atoms with E-state index in [9.17, 15) is 4.39 Å². The third-order valence-electron chi connectivity index (χ3n) is 3.08. The zero-order valence-corrected chi connectivity index (χ0v) is 11.7. The third kappa shape index (κ3) is 2.49. The maximum Gasteiger partial charge on any atom is 0.137 e. The van der Waals surface area contributed by atoms with Crippen LogP contribution in [0.2, 0.25) is 0 Å². The van der Waals surface area contributed by atoms with Crippen molar-refractivity contribution in [3.63, 3.8) is 0 Å². The van der Waals surface area contributed by atoms with Gasteiger partial charge in [-0.05, 0) is 45.8 Å². The summed E-state index contributed by atoms with van der Waals surface area (Å²) in [7, 11) is 0. The van der Waals surface area contributed by atoms with Crippen LogP contribution in [0.15, 0.2) is 53.1 Å². The van der Waals surface area contributed by atoms with Gasteiger partial charge in [-0.15, -0.1) is 0 Å². The predicted octanol–water partition coefficient (Wildman–Crippen LogP) is 4.68. The normalized spacial score (nSPS) is 10.8. The van der Waals surface area contributed by atoms with Crippen molar-refractivity contribution in [2.45, 2.75) is 6.54 Å². The van der Waals surface area contributed by atoms with Crippen molar-refractivity contribution in [2.24, 2.45) is 0 Å². The quantitative estimate of drug-likeness (QED) is 0.721. The van der Waals surface area contributed by atoms with Gasteiger partial charge >= 0.3 is 0 Å². The molecule has 0 spiro atoms. The highest BCUT2D eigenvalue weighted by molar-refractivity contribution is 9.10. The summed E-state index contributed by atoms with van der Waals surface area (Å²) in [4.78, 5) is 3.24. The number of anilines is 1. The van der Waals surface area contributed by atoms with Crippen LogP contribution in [-0.4, -0.2) is 4.98 Å². The van der Waals surface area contributed by atoms with Crippen LogP contribution >= 0.6 is 15.9 Å². The fourth-order valence-electron chi connectivity index (χ4n) is 2.08. The molecule has 2 N–H and O–H groups in total. The van der Waals surface area contributed by atoms with Crippen LogP contribution in [0.1, 0.15) is 5.56 Å². The van der Waals surface area contributed by atoms with Gasteiger partial charge in [-0.2, -0.15) is 0 Å². The molecule has 2 nitrogen and oxygen atoms in total. The van der Waals surface area contributed by atoms with Crippen molar-refractivity contribution in [2.75, 3.05) is 5.32 Å². The lowest BCUT2D eigenvalue weighted by Crippen LogP contribution is -1.98. The third-order valence-corrected chi connectivity index (χ3v) is 3.69. The van der Waals surface area contributed by atoms with E-state index in [1.807, 2.05) is 24.4 Å². The lowest BCUT2D eigenvalue weighted by atomic mass is 10.2. The number of aromatic nitrogens is 1. The second kappa shape index (κ2) is 5.05. The molecule has 0 aliphatic carbocycles. The van der Waals surface area contributed by atoms with Crippen molar-refractivity contribution < 1.29 is 4.39 Å². The smallest absolute Gasteiger partial charge is 0.137 e. The van der Waals surface area contributed by atoms with Crippen LogP contribution in [-0.2, 0) is 6.54 Å². The second-order valence-electron chi connectivity index (χ2n) is 4.34. The largest absolute Gasteiger partial charge is 0.381 e. The molecule has 0 unspecified atom stereocenters. The molecule has 3 aromatic rings.